The fourth-order valence-corrected chi connectivity index (χ4v) is 4.95. The molecule has 0 aliphatic rings. The number of amides is 2. The van der Waals surface area contributed by atoms with Crippen LogP contribution in [-0.4, -0.2) is 51.5 Å². The van der Waals surface area contributed by atoms with Gasteiger partial charge in [-0.15, -0.1) is 10.2 Å². The number of anilines is 2. The zero-order chi connectivity index (χ0) is 29.5. The Morgan fingerprint density at radius 3 is 2.36 bits per heavy atom. The minimum absolute atomic E-state index is 0.0655. The summed E-state index contributed by atoms with van der Waals surface area (Å²) < 4.78 is 12.7. The molecule has 3 aromatic carbocycles. The Hall–Kier alpha value is -5.16. The van der Waals surface area contributed by atoms with Crippen molar-refractivity contribution in [2.24, 2.45) is 0 Å². The van der Waals surface area contributed by atoms with E-state index < -0.39 is 0 Å². The van der Waals surface area contributed by atoms with Crippen LogP contribution in [0.5, 0.6) is 11.5 Å². The van der Waals surface area contributed by atoms with E-state index in [2.05, 4.69) is 25.8 Å². The molecule has 11 heteroatoms. The number of methoxy groups -OCH3 is 2. The van der Waals surface area contributed by atoms with Gasteiger partial charge in [-0.3, -0.25) is 19.1 Å². The van der Waals surface area contributed by atoms with Crippen molar-refractivity contribution in [2.75, 3.05) is 30.6 Å². The lowest BCUT2D eigenvalue weighted by Crippen LogP contribution is -2.16. The van der Waals surface area contributed by atoms with Gasteiger partial charge in [-0.1, -0.05) is 30.0 Å². The van der Waals surface area contributed by atoms with Gasteiger partial charge in [0, 0.05) is 41.0 Å². The van der Waals surface area contributed by atoms with Crippen molar-refractivity contribution in [3.63, 3.8) is 0 Å². The van der Waals surface area contributed by atoms with Crippen LogP contribution in [0.1, 0.15) is 15.9 Å². The van der Waals surface area contributed by atoms with E-state index in [1.54, 1.807) is 55.9 Å². The summed E-state index contributed by atoms with van der Waals surface area (Å²) in [5.41, 5.74) is 3.99. The fraction of sp³-hybridized carbons (Fsp3) is 0.129. The van der Waals surface area contributed by atoms with Crippen LogP contribution < -0.4 is 20.1 Å². The predicted molar refractivity (Wildman–Crippen MR) is 163 cm³/mol. The summed E-state index contributed by atoms with van der Waals surface area (Å²) in [6.45, 7) is 1.85. The maximum Gasteiger partial charge on any atom is 0.255 e. The summed E-state index contributed by atoms with van der Waals surface area (Å²) >= 11 is 1.25. The number of carbonyl (C=O) groups excluding carboxylic acids is 2. The Bertz CT molecular complexity index is 1690. The summed E-state index contributed by atoms with van der Waals surface area (Å²) in [6, 6.07) is 23.6. The number of thioether (sulfide) groups is 1. The second kappa shape index (κ2) is 13.0. The van der Waals surface area contributed by atoms with Crippen LogP contribution in [0.15, 0.2) is 96.4 Å². The average Bonchev–Trinajstić information content (AvgIpc) is 3.46. The number of aromatic nitrogens is 4. The normalized spacial score (nSPS) is 10.6. The van der Waals surface area contributed by atoms with Gasteiger partial charge in [0.1, 0.15) is 11.5 Å². The molecule has 2 aromatic heterocycles. The topological polar surface area (TPSA) is 120 Å². The van der Waals surface area contributed by atoms with Crippen molar-refractivity contribution < 1.29 is 19.1 Å². The van der Waals surface area contributed by atoms with Gasteiger partial charge in [-0.2, -0.15) is 0 Å². The van der Waals surface area contributed by atoms with Crippen LogP contribution in [0.25, 0.3) is 17.1 Å². The fourth-order valence-electron chi connectivity index (χ4n) is 4.20. The van der Waals surface area contributed by atoms with Crippen molar-refractivity contribution in [1.29, 1.82) is 0 Å². The van der Waals surface area contributed by atoms with Crippen molar-refractivity contribution in [3.05, 3.63) is 102 Å². The molecule has 0 radical (unpaired) electrons. The van der Waals surface area contributed by atoms with Crippen LogP contribution >= 0.6 is 11.8 Å². The molecule has 0 fully saturated rings. The molecule has 5 aromatic rings. The number of hydrogen-bond acceptors (Lipinski definition) is 8. The van der Waals surface area contributed by atoms with Gasteiger partial charge in [0.25, 0.3) is 5.91 Å². The standard InChI is InChI=1S/C31H28N6O4S/c1-20-16-26(27(41-3)17-25(20)34-30(39)21-8-5-4-6-9-21)33-28(38)19-42-31-36-35-29(22-10-7-15-32-18-22)37(31)23-11-13-24(40-2)14-12-23/h4-18H,19H2,1-3H3,(H,33,38)(H,34,39). The molecule has 2 N–H and O–H groups in total. The summed E-state index contributed by atoms with van der Waals surface area (Å²) in [5, 5.41) is 15.1. The zero-order valence-electron chi connectivity index (χ0n) is 23.2. The summed E-state index contributed by atoms with van der Waals surface area (Å²) in [6.07, 6.45) is 3.41. The third-order valence-electron chi connectivity index (χ3n) is 6.32. The Labute approximate surface area is 247 Å². The molecule has 2 heterocycles. The number of aryl methyl sites for hydroxylation is 1. The highest BCUT2D eigenvalue weighted by molar-refractivity contribution is 7.99. The number of hydrogen-bond donors (Lipinski definition) is 2. The van der Waals surface area contributed by atoms with E-state index in [0.29, 0.717) is 33.7 Å². The number of pyridine rings is 1. The highest BCUT2D eigenvalue weighted by atomic mass is 32.2. The van der Waals surface area contributed by atoms with Gasteiger partial charge in [0.05, 0.1) is 25.7 Å². The first-order chi connectivity index (χ1) is 20.5. The van der Waals surface area contributed by atoms with E-state index in [0.717, 1.165) is 22.6 Å². The number of rotatable bonds is 10. The van der Waals surface area contributed by atoms with Gasteiger partial charge in [0.15, 0.2) is 11.0 Å². The summed E-state index contributed by atoms with van der Waals surface area (Å²) in [5.74, 6) is 1.31. The van der Waals surface area contributed by atoms with Crippen LogP contribution in [0.4, 0.5) is 11.4 Å². The van der Waals surface area contributed by atoms with Crippen LogP contribution in [0.2, 0.25) is 0 Å². The van der Waals surface area contributed by atoms with E-state index >= 15 is 0 Å². The largest absolute Gasteiger partial charge is 0.497 e. The molecule has 0 unspecified atom stereocenters. The molecule has 0 saturated carbocycles. The number of nitrogens with zero attached hydrogens (tertiary/aromatic N) is 4. The van der Waals surface area contributed by atoms with Crippen molar-refractivity contribution in [1.82, 2.24) is 19.7 Å². The minimum Gasteiger partial charge on any atom is -0.497 e. The number of benzene rings is 3. The monoisotopic (exact) mass is 580 g/mol. The molecule has 0 spiro atoms. The van der Waals surface area contributed by atoms with Gasteiger partial charge < -0.3 is 20.1 Å². The second-order valence-electron chi connectivity index (χ2n) is 9.11. The molecule has 2 amide bonds. The number of ether oxygens (including phenoxy) is 2. The molecular weight excluding hydrogens is 552 g/mol. The average molecular weight is 581 g/mol. The SMILES string of the molecule is COc1ccc(-n2c(SCC(=O)Nc3cc(C)c(NC(=O)c4ccccc4)cc3OC)nnc2-c2cccnc2)cc1. The first-order valence-corrected chi connectivity index (χ1v) is 13.9. The summed E-state index contributed by atoms with van der Waals surface area (Å²) in [4.78, 5) is 29.9. The maximum atomic E-state index is 13.1. The van der Waals surface area contributed by atoms with Crippen molar-refractivity contribution in [3.8, 4) is 28.6 Å². The van der Waals surface area contributed by atoms with E-state index in [9.17, 15) is 9.59 Å². The smallest absolute Gasteiger partial charge is 0.255 e. The summed E-state index contributed by atoms with van der Waals surface area (Å²) in [7, 11) is 3.12. The molecule has 10 nitrogen and oxygen atoms in total. The molecule has 42 heavy (non-hydrogen) atoms. The minimum atomic E-state index is -0.258. The maximum absolute atomic E-state index is 13.1. The highest BCUT2D eigenvalue weighted by Gasteiger charge is 2.19. The molecule has 212 valence electrons. The highest BCUT2D eigenvalue weighted by Crippen LogP contribution is 2.33. The van der Waals surface area contributed by atoms with E-state index in [1.807, 2.05) is 54.0 Å². The Morgan fingerprint density at radius 2 is 1.67 bits per heavy atom. The molecule has 0 bridgehead atoms. The van der Waals surface area contributed by atoms with Gasteiger partial charge >= 0.3 is 0 Å². The van der Waals surface area contributed by atoms with Gasteiger partial charge in [-0.25, -0.2) is 0 Å². The third kappa shape index (κ3) is 6.42. The van der Waals surface area contributed by atoms with Crippen LogP contribution in [0, 0.1) is 6.92 Å². The lowest BCUT2D eigenvalue weighted by molar-refractivity contribution is -0.113. The third-order valence-corrected chi connectivity index (χ3v) is 7.25. The number of nitrogens with one attached hydrogen (secondary N) is 2. The number of carbonyl (C=O) groups is 2. The lowest BCUT2D eigenvalue weighted by Gasteiger charge is -2.15. The zero-order valence-corrected chi connectivity index (χ0v) is 24.0. The second-order valence-corrected chi connectivity index (χ2v) is 10.0. The van der Waals surface area contributed by atoms with E-state index in [1.165, 1.54) is 18.9 Å². The van der Waals surface area contributed by atoms with E-state index in [-0.39, 0.29) is 17.6 Å². The molecule has 0 saturated heterocycles. The predicted octanol–water partition coefficient (Wildman–Crippen LogP) is 5.64. The molecule has 5 rings (SSSR count). The van der Waals surface area contributed by atoms with Crippen molar-refractivity contribution >= 4 is 35.0 Å². The quantitative estimate of drug-likeness (QED) is 0.204. The van der Waals surface area contributed by atoms with Crippen LogP contribution in [-0.2, 0) is 4.79 Å². The molecule has 0 atom stereocenters. The Morgan fingerprint density at radius 1 is 0.881 bits per heavy atom. The van der Waals surface area contributed by atoms with Crippen LogP contribution in [0.3, 0.4) is 0 Å². The van der Waals surface area contributed by atoms with Gasteiger partial charge in [0.2, 0.25) is 5.91 Å². The van der Waals surface area contributed by atoms with Crippen molar-refractivity contribution in [2.45, 2.75) is 12.1 Å². The first kappa shape index (κ1) is 28.4. The molecular formula is C31H28N6O4S. The first-order valence-electron chi connectivity index (χ1n) is 12.9. The van der Waals surface area contributed by atoms with E-state index in [4.69, 9.17) is 9.47 Å². The Balaban J connectivity index is 1.33. The lowest BCUT2D eigenvalue weighted by atomic mass is 10.1. The molecule has 0 aliphatic carbocycles. The Kier molecular flexibility index (Phi) is 8.78. The molecule has 0 aliphatic heterocycles. The van der Waals surface area contributed by atoms with Gasteiger partial charge in [-0.05, 0) is 67.1 Å².